The molecule has 1 unspecified atom stereocenters. The zero-order valence-electron chi connectivity index (χ0n) is 8.88. The predicted molar refractivity (Wildman–Crippen MR) is 56.0 cm³/mol. The first-order chi connectivity index (χ1) is 6.75. The summed E-state index contributed by atoms with van der Waals surface area (Å²) in [6.45, 7) is 3.30. The van der Waals surface area contributed by atoms with Crippen LogP contribution in [0.3, 0.4) is 0 Å². The molecule has 3 nitrogen and oxygen atoms in total. The Morgan fingerprint density at radius 1 is 1.21 bits per heavy atom. The molecule has 2 rings (SSSR count). The molecule has 1 heterocycles. The lowest BCUT2D eigenvalue weighted by atomic mass is 9.87. The monoisotopic (exact) mass is 196 g/mol. The van der Waals surface area contributed by atoms with Gasteiger partial charge < -0.3 is 10.6 Å². The van der Waals surface area contributed by atoms with E-state index in [1.54, 1.807) is 0 Å². The second-order valence-electron chi connectivity index (χ2n) is 4.76. The number of carbonyl (C=O) groups excluding carboxylic acids is 1. The van der Waals surface area contributed by atoms with E-state index < -0.39 is 0 Å². The number of rotatable bonds is 2. The highest BCUT2D eigenvalue weighted by molar-refractivity contribution is 5.82. The van der Waals surface area contributed by atoms with Gasteiger partial charge in [0.05, 0.1) is 6.04 Å². The molecule has 3 heteroatoms. The average Bonchev–Trinajstić information content (AvgIpc) is 2.06. The van der Waals surface area contributed by atoms with Crippen molar-refractivity contribution in [2.75, 3.05) is 6.54 Å². The Bertz CT molecular complexity index is 205. The molecule has 1 aliphatic carbocycles. The van der Waals surface area contributed by atoms with E-state index in [0.29, 0.717) is 6.04 Å². The van der Waals surface area contributed by atoms with Gasteiger partial charge in [-0.05, 0) is 44.6 Å². The lowest BCUT2D eigenvalue weighted by Crippen LogP contribution is -2.55. The first kappa shape index (κ1) is 9.97. The van der Waals surface area contributed by atoms with Crippen LogP contribution in [0, 0.1) is 5.92 Å². The lowest BCUT2D eigenvalue weighted by Gasteiger charge is -2.31. The minimum atomic E-state index is 0.106. The van der Waals surface area contributed by atoms with Crippen molar-refractivity contribution in [2.45, 2.75) is 51.1 Å². The smallest absolute Gasteiger partial charge is 0.237 e. The van der Waals surface area contributed by atoms with E-state index in [2.05, 4.69) is 17.6 Å². The first-order valence-corrected chi connectivity index (χ1v) is 5.79. The van der Waals surface area contributed by atoms with Crippen LogP contribution in [0.4, 0.5) is 0 Å². The summed E-state index contributed by atoms with van der Waals surface area (Å²) in [5, 5.41) is 6.27. The Labute approximate surface area is 85.6 Å². The Morgan fingerprint density at radius 2 is 1.86 bits per heavy atom. The third-order valence-electron chi connectivity index (χ3n) is 3.50. The topological polar surface area (TPSA) is 41.1 Å². The van der Waals surface area contributed by atoms with Crippen molar-refractivity contribution < 1.29 is 4.79 Å². The summed E-state index contributed by atoms with van der Waals surface area (Å²) >= 11 is 0. The lowest BCUT2D eigenvalue weighted by molar-refractivity contribution is -0.125. The third-order valence-corrected chi connectivity index (χ3v) is 3.50. The van der Waals surface area contributed by atoms with Crippen molar-refractivity contribution in [1.82, 2.24) is 10.6 Å². The summed E-state index contributed by atoms with van der Waals surface area (Å²) in [5.74, 6) is 1.07. The Kier molecular flexibility index (Phi) is 3.06. The van der Waals surface area contributed by atoms with Gasteiger partial charge in [-0.1, -0.05) is 6.92 Å². The van der Waals surface area contributed by atoms with Gasteiger partial charge in [-0.2, -0.15) is 0 Å². The van der Waals surface area contributed by atoms with Gasteiger partial charge in [0.2, 0.25) is 5.91 Å². The summed E-state index contributed by atoms with van der Waals surface area (Å²) in [7, 11) is 0. The van der Waals surface area contributed by atoms with Gasteiger partial charge in [-0.3, -0.25) is 4.79 Å². The Hall–Kier alpha value is -0.570. The van der Waals surface area contributed by atoms with Crippen LogP contribution in [0.25, 0.3) is 0 Å². The molecule has 1 saturated carbocycles. The molecule has 80 valence electrons. The molecule has 0 radical (unpaired) electrons. The van der Waals surface area contributed by atoms with Crippen molar-refractivity contribution in [2.24, 2.45) is 5.92 Å². The highest BCUT2D eigenvalue weighted by atomic mass is 16.2. The van der Waals surface area contributed by atoms with Crippen molar-refractivity contribution in [1.29, 1.82) is 0 Å². The van der Waals surface area contributed by atoms with Gasteiger partial charge in [0.25, 0.3) is 0 Å². The zero-order chi connectivity index (χ0) is 9.97. The molecular weight excluding hydrogens is 176 g/mol. The van der Waals surface area contributed by atoms with Gasteiger partial charge in [0.15, 0.2) is 0 Å². The van der Waals surface area contributed by atoms with Gasteiger partial charge in [-0.15, -0.1) is 0 Å². The molecule has 0 bridgehead atoms. The number of nitrogens with one attached hydrogen (secondary N) is 2. The van der Waals surface area contributed by atoms with Crippen molar-refractivity contribution in [3.63, 3.8) is 0 Å². The Morgan fingerprint density at radius 3 is 2.36 bits per heavy atom. The molecule has 0 aromatic heterocycles. The summed E-state index contributed by atoms with van der Waals surface area (Å²) in [4.78, 5) is 11.6. The second-order valence-corrected chi connectivity index (χ2v) is 4.76. The maximum Gasteiger partial charge on any atom is 0.237 e. The molecule has 0 aromatic rings. The van der Waals surface area contributed by atoms with Gasteiger partial charge in [0, 0.05) is 6.04 Å². The largest absolute Gasteiger partial charge is 0.352 e. The van der Waals surface area contributed by atoms with Crippen LogP contribution >= 0.6 is 0 Å². The predicted octanol–water partition coefficient (Wildman–Crippen LogP) is 1.04. The molecule has 1 amide bonds. The van der Waals surface area contributed by atoms with Gasteiger partial charge in [0.1, 0.15) is 0 Å². The van der Waals surface area contributed by atoms with Crippen molar-refractivity contribution in [3.05, 3.63) is 0 Å². The quantitative estimate of drug-likeness (QED) is 0.693. The highest BCUT2D eigenvalue weighted by Gasteiger charge is 2.27. The normalized spacial score (nSPS) is 37.4. The highest BCUT2D eigenvalue weighted by Crippen LogP contribution is 2.23. The molecular formula is C11H20N2O. The number of carbonyl (C=O) groups is 1. The number of amides is 1. The minimum Gasteiger partial charge on any atom is -0.352 e. The molecule has 2 N–H and O–H groups in total. The molecule has 14 heavy (non-hydrogen) atoms. The number of hydrogen-bond acceptors (Lipinski definition) is 2. The van der Waals surface area contributed by atoms with E-state index in [-0.39, 0.29) is 11.9 Å². The fraction of sp³-hybridized carbons (Fsp3) is 0.909. The maximum atomic E-state index is 11.6. The van der Waals surface area contributed by atoms with Crippen LogP contribution < -0.4 is 10.6 Å². The van der Waals surface area contributed by atoms with Crippen LogP contribution in [0.5, 0.6) is 0 Å². The van der Waals surface area contributed by atoms with E-state index >= 15 is 0 Å². The minimum absolute atomic E-state index is 0.106. The SMILES string of the molecule is CC1CCC(NC(=O)C2CCN2)CC1. The molecule has 1 atom stereocenters. The fourth-order valence-corrected chi connectivity index (χ4v) is 2.22. The van der Waals surface area contributed by atoms with Crippen LogP contribution in [-0.2, 0) is 4.79 Å². The van der Waals surface area contributed by atoms with E-state index in [1.807, 2.05) is 0 Å². The average molecular weight is 196 g/mol. The summed E-state index contributed by atoms with van der Waals surface area (Å²) in [6.07, 6.45) is 5.88. The molecule has 1 saturated heterocycles. The first-order valence-electron chi connectivity index (χ1n) is 5.79. The van der Waals surface area contributed by atoms with Crippen LogP contribution in [-0.4, -0.2) is 24.5 Å². The van der Waals surface area contributed by atoms with Crippen LogP contribution in [0.1, 0.15) is 39.0 Å². The van der Waals surface area contributed by atoms with E-state index in [4.69, 9.17) is 0 Å². The molecule has 0 spiro atoms. The van der Waals surface area contributed by atoms with Crippen LogP contribution in [0.15, 0.2) is 0 Å². The maximum absolute atomic E-state index is 11.6. The fourth-order valence-electron chi connectivity index (χ4n) is 2.22. The van der Waals surface area contributed by atoms with E-state index in [1.165, 1.54) is 25.7 Å². The van der Waals surface area contributed by atoms with Crippen molar-refractivity contribution >= 4 is 5.91 Å². The third kappa shape index (κ3) is 2.27. The molecule has 2 aliphatic rings. The van der Waals surface area contributed by atoms with E-state index in [0.717, 1.165) is 18.9 Å². The molecule has 0 aromatic carbocycles. The van der Waals surface area contributed by atoms with Crippen LogP contribution in [0.2, 0.25) is 0 Å². The summed E-state index contributed by atoms with van der Waals surface area (Å²) in [6, 6.07) is 0.551. The van der Waals surface area contributed by atoms with Crippen molar-refractivity contribution in [3.8, 4) is 0 Å². The molecule has 1 aliphatic heterocycles. The van der Waals surface area contributed by atoms with E-state index in [9.17, 15) is 4.79 Å². The summed E-state index contributed by atoms with van der Waals surface area (Å²) < 4.78 is 0. The summed E-state index contributed by atoms with van der Waals surface area (Å²) in [5.41, 5.74) is 0. The van der Waals surface area contributed by atoms with Gasteiger partial charge in [-0.25, -0.2) is 0 Å². The molecule has 2 fully saturated rings. The number of hydrogen-bond donors (Lipinski definition) is 2. The second kappa shape index (κ2) is 4.30. The standard InChI is InChI=1S/C11H20N2O/c1-8-2-4-9(5-3-8)13-11(14)10-6-7-12-10/h8-10,12H,2-7H2,1H3,(H,13,14). The van der Waals surface area contributed by atoms with Gasteiger partial charge >= 0.3 is 0 Å². The Balaban J connectivity index is 1.71. The zero-order valence-corrected chi connectivity index (χ0v) is 8.88.